The molecule has 0 aliphatic heterocycles. The van der Waals surface area contributed by atoms with Crippen LogP contribution in [0.2, 0.25) is 0 Å². The van der Waals surface area contributed by atoms with E-state index in [0.29, 0.717) is 12.3 Å². The van der Waals surface area contributed by atoms with Gasteiger partial charge in [-0.15, -0.1) is 0 Å². The predicted octanol–water partition coefficient (Wildman–Crippen LogP) is 0.589. The standard InChI is InChI=1S/C8H13NO3/c1-4-12-8(11)5-6(2)9-7(3)10/h5H,4H2,1-3H3,(H,9,10)/b6-5+. The van der Waals surface area contributed by atoms with Gasteiger partial charge < -0.3 is 10.1 Å². The second-order valence-electron chi connectivity index (χ2n) is 2.26. The van der Waals surface area contributed by atoms with Gasteiger partial charge in [0.05, 0.1) is 6.61 Å². The summed E-state index contributed by atoms with van der Waals surface area (Å²) in [7, 11) is 0. The van der Waals surface area contributed by atoms with Crippen LogP contribution < -0.4 is 5.32 Å². The molecule has 1 amide bonds. The lowest BCUT2D eigenvalue weighted by atomic mass is 10.4. The van der Waals surface area contributed by atoms with Crippen LogP contribution in [0.3, 0.4) is 0 Å². The smallest absolute Gasteiger partial charge is 0.332 e. The molecule has 68 valence electrons. The third kappa shape index (κ3) is 5.46. The second kappa shape index (κ2) is 5.35. The zero-order valence-corrected chi connectivity index (χ0v) is 7.51. The molecule has 1 N–H and O–H groups in total. The first-order valence-electron chi connectivity index (χ1n) is 3.69. The van der Waals surface area contributed by atoms with E-state index in [9.17, 15) is 9.59 Å². The molecular formula is C8H13NO3. The van der Waals surface area contributed by atoms with Gasteiger partial charge in [-0.2, -0.15) is 0 Å². The van der Waals surface area contributed by atoms with Crippen LogP contribution in [0.1, 0.15) is 20.8 Å². The third-order valence-electron chi connectivity index (χ3n) is 0.994. The number of rotatable bonds is 3. The molecule has 12 heavy (non-hydrogen) atoms. The first-order chi connectivity index (χ1) is 5.56. The van der Waals surface area contributed by atoms with E-state index < -0.39 is 5.97 Å². The molecule has 0 atom stereocenters. The lowest BCUT2D eigenvalue weighted by Gasteiger charge is -2.00. The van der Waals surface area contributed by atoms with Crippen molar-refractivity contribution in [1.82, 2.24) is 5.32 Å². The molecule has 0 aromatic rings. The zero-order chi connectivity index (χ0) is 9.56. The zero-order valence-electron chi connectivity index (χ0n) is 7.51. The molecule has 0 saturated carbocycles. The highest BCUT2D eigenvalue weighted by atomic mass is 16.5. The quantitative estimate of drug-likeness (QED) is 0.499. The number of esters is 1. The summed E-state index contributed by atoms with van der Waals surface area (Å²) in [5.41, 5.74) is 0.487. The van der Waals surface area contributed by atoms with Crippen molar-refractivity contribution in [3.8, 4) is 0 Å². The monoisotopic (exact) mass is 171 g/mol. The van der Waals surface area contributed by atoms with Gasteiger partial charge in [0.1, 0.15) is 0 Å². The molecule has 0 fully saturated rings. The third-order valence-corrected chi connectivity index (χ3v) is 0.994. The Bertz CT molecular complexity index is 208. The number of hydrogen-bond acceptors (Lipinski definition) is 3. The van der Waals surface area contributed by atoms with Crippen LogP contribution in [0.4, 0.5) is 0 Å². The summed E-state index contributed by atoms with van der Waals surface area (Å²) in [5.74, 6) is -0.642. The molecule has 0 heterocycles. The summed E-state index contributed by atoms with van der Waals surface area (Å²) in [4.78, 5) is 21.3. The van der Waals surface area contributed by atoms with E-state index >= 15 is 0 Å². The van der Waals surface area contributed by atoms with E-state index in [1.54, 1.807) is 13.8 Å². The first kappa shape index (κ1) is 10.7. The molecule has 0 unspecified atom stereocenters. The molecule has 0 saturated heterocycles. The van der Waals surface area contributed by atoms with Crippen molar-refractivity contribution in [2.24, 2.45) is 0 Å². The van der Waals surface area contributed by atoms with E-state index in [1.165, 1.54) is 13.0 Å². The summed E-state index contributed by atoms with van der Waals surface area (Å²) in [5, 5.41) is 2.45. The van der Waals surface area contributed by atoms with Crippen molar-refractivity contribution < 1.29 is 14.3 Å². The van der Waals surface area contributed by atoms with E-state index in [2.05, 4.69) is 10.1 Å². The summed E-state index contributed by atoms with van der Waals surface area (Å²) in [6, 6.07) is 0. The van der Waals surface area contributed by atoms with Crippen molar-refractivity contribution >= 4 is 11.9 Å². The SMILES string of the molecule is CCOC(=O)/C=C(\C)NC(C)=O. The largest absolute Gasteiger partial charge is 0.463 e. The van der Waals surface area contributed by atoms with Gasteiger partial charge in [0.25, 0.3) is 0 Å². The molecule has 0 aromatic heterocycles. The Morgan fingerprint density at radius 2 is 2.00 bits per heavy atom. The molecule has 0 rings (SSSR count). The fourth-order valence-electron chi connectivity index (χ4n) is 0.674. The number of allylic oxidation sites excluding steroid dienone is 1. The minimum atomic E-state index is -0.441. The molecule has 0 aromatic carbocycles. The van der Waals surface area contributed by atoms with Crippen LogP contribution in [0.5, 0.6) is 0 Å². The summed E-state index contributed by atoms with van der Waals surface area (Å²) in [6.45, 7) is 5.06. The Balaban J connectivity index is 3.97. The first-order valence-corrected chi connectivity index (χ1v) is 3.69. The maximum Gasteiger partial charge on any atom is 0.332 e. The van der Waals surface area contributed by atoms with Crippen molar-refractivity contribution in [2.45, 2.75) is 20.8 Å². The highest BCUT2D eigenvalue weighted by Gasteiger charge is 1.98. The fourth-order valence-corrected chi connectivity index (χ4v) is 0.674. The van der Waals surface area contributed by atoms with Gasteiger partial charge in [-0.3, -0.25) is 4.79 Å². The van der Waals surface area contributed by atoms with Gasteiger partial charge in [-0.05, 0) is 13.8 Å². The van der Waals surface area contributed by atoms with E-state index in [4.69, 9.17) is 0 Å². The second-order valence-corrected chi connectivity index (χ2v) is 2.26. The van der Waals surface area contributed by atoms with Gasteiger partial charge in [-0.1, -0.05) is 0 Å². The number of ether oxygens (including phenoxy) is 1. The van der Waals surface area contributed by atoms with E-state index in [-0.39, 0.29) is 5.91 Å². The summed E-state index contributed by atoms with van der Waals surface area (Å²) >= 11 is 0. The number of nitrogens with one attached hydrogen (secondary N) is 1. The van der Waals surface area contributed by atoms with Crippen molar-refractivity contribution in [2.75, 3.05) is 6.61 Å². The topological polar surface area (TPSA) is 55.4 Å². The van der Waals surface area contributed by atoms with Crippen LogP contribution in [0.25, 0.3) is 0 Å². The number of carbonyl (C=O) groups is 2. The van der Waals surface area contributed by atoms with Crippen LogP contribution in [-0.2, 0) is 14.3 Å². The summed E-state index contributed by atoms with van der Waals surface area (Å²) in [6.07, 6.45) is 1.24. The molecule has 4 heteroatoms. The van der Waals surface area contributed by atoms with E-state index in [0.717, 1.165) is 0 Å². The molecule has 4 nitrogen and oxygen atoms in total. The molecule has 0 spiro atoms. The highest BCUT2D eigenvalue weighted by molar-refractivity contribution is 5.84. The van der Waals surface area contributed by atoms with Crippen LogP contribution in [-0.4, -0.2) is 18.5 Å². The molecule has 0 aliphatic carbocycles. The van der Waals surface area contributed by atoms with Gasteiger partial charge in [-0.25, -0.2) is 4.79 Å². The van der Waals surface area contributed by atoms with Crippen molar-refractivity contribution in [1.29, 1.82) is 0 Å². The number of hydrogen-bond donors (Lipinski definition) is 1. The molecule has 0 bridgehead atoms. The average Bonchev–Trinajstić information content (AvgIpc) is 1.84. The van der Waals surface area contributed by atoms with Gasteiger partial charge in [0.2, 0.25) is 5.91 Å². The molecule has 0 aliphatic rings. The lowest BCUT2D eigenvalue weighted by molar-refractivity contribution is -0.137. The average molecular weight is 171 g/mol. The minimum Gasteiger partial charge on any atom is -0.463 e. The Labute approximate surface area is 71.6 Å². The number of carbonyl (C=O) groups excluding carboxylic acids is 2. The Morgan fingerprint density at radius 3 is 2.42 bits per heavy atom. The summed E-state index contributed by atoms with van der Waals surface area (Å²) < 4.78 is 4.63. The van der Waals surface area contributed by atoms with Crippen LogP contribution >= 0.6 is 0 Å². The Morgan fingerprint density at radius 1 is 1.42 bits per heavy atom. The van der Waals surface area contributed by atoms with Crippen molar-refractivity contribution in [3.05, 3.63) is 11.8 Å². The van der Waals surface area contributed by atoms with Crippen LogP contribution in [0.15, 0.2) is 11.8 Å². The molecule has 0 radical (unpaired) electrons. The van der Waals surface area contributed by atoms with Gasteiger partial charge in [0, 0.05) is 18.7 Å². The Kier molecular flexibility index (Phi) is 4.76. The molecular weight excluding hydrogens is 158 g/mol. The van der Waals surface area contributed by atoms with Gasteiger partial charge in [0.15, 0.2) is 0 Å². The normalized spacial score (nSPS) is 10.8. The maximum absolute atomic E-state index is 10.8. The van der Waals surface area contributed by atoms with E-state index in [1.807, 2.05) is 0 Å². The van der Waals surface area contributed by atoms with Crippen molar-refractivity contribution in [3.63, 3.8) is 0 Å². The number of amides is 1. The van der Waals surface area contributed by atoms with Crippen LogP contribution in [0, 0.1) is 0 Å². The van der Waals surface area contributed by atoms with Gasteiger partial charge >= 0.3 is 5.97 Å². The fraction of sp³-hybridized carbons (Fsp3) is 0.500. The predicted molar refractivity (Wildman–Crippen MR) is 44.2 cm³/mol. The Hall–Kier alpha value is -1.32. The highest BCUT2D eigenvalue weighted by Crippen LogP contribution is 1.88. The lowest BCUT2D eigenvalue weighted by Crippen LogP contribution is -2.18. The maximum atomic E-state index is 10.8. The minimum absolute atomic E-state index is 0.201.